The van der Waals surface area contributed by atoms with Gasteiger partial charge in [0.25, 0.3) is 5.91 Å². The highest BCUT2D eigenvalue weighted by molar-refractivity contribution is 7.89. The molecule has 7 heteroatoms. The number of fused-ring (bicyclic) bond motifs is 2. The van der Waals surface area contributed by atoms with Crippen LogP contribution in [-0.4, -0.2) is 51.0 Å². The van der Waals surface area contributed by atoms with Crippen LogP contribution in [0.3, 0.4) is 0 Å². The lowest BCUT2D eigenvalue weighted by molar-refractivity contribution is -0.113. The summed E-state index contributed by atoms with van der Waals surface area (Å²) in [6.07, 6.45) is 2.26. The minimum absolute atomic E-state index is 0.153. The molecule has 1 amide bonds. The van der Waals surface area contributed by atoms with Crippen LogP contribution in [0.5, 0.6) is 0 Å². The molecule has 0 aromatic heterocycles. The van der Waals surface area contributed by atoms with Gasteiger partial charge in [0.05, 0.1) is 18.1 Å². The predicted octanol–water partition coefficient (Wildman–Crippen LogP) is 2.82. The molecule has 0 spiro atoms. The maximum absolute atomic E-state index is 13.1. The average Bonchev–Trinajstić information content (AvgIpc) is 2.69. The minimum Gasteiger partial charge on any atom is -0.379 e. The maximum atomic E-state index is 13.1. The van der Waals surface area contributed by atoms with E-state index in [9.17, 15) is 13.2 Å². The van der Waals surface area contributed by atoms with Crippen LogP contribution in [0.15, 0.2) is 23.1 Å². The van der Waals surface area contributed by atoms with Gasteiger partial charge in [-0.2, -0.15) is 4.31 Å². The highest BCUT2D eigenvalue weighted by atomic mass is 32.2. The van der Waals surface area contributed by atoms with Gasteiger partial charge >= 0.3 is 0 Å². The summed E-state index contributed by atoms with van der Waals surface area (Å²) in [5.41, 5.74) is 1.43. The first kappa shape index (κ1) is 20.8. The van der Waals surface area contributed by atoms with E-state index in [-0.39, 0.29) is 16.8 Å². The number of nitrogens with one attached hydrogen (secondary N) is 1. The van der Waals surface area contributed by atoms with Crippen molar-refractivity contribution in [3.8, 4) is 0 Å². The number of aryl methyl sites for hydroxylation is 1. The predicted molar refractivity (Wildman–Crippen MR) is 111 cm³/mol. The van der Waals surface area contributed by atoms with E-state index in [0.29, 0.717) is 60.6 Å². The van der Waals surface area contributed by atoms with E-state index in [1.54, 1.807) is 19.1 Å². The number of ether oxygens (including phenoxy) is 1. The molecule has 6 nitrogen and oxygen atoms in total. The molecule has 1 aromatic rings. The van der Waals surface area contributed by atoms with Crippen LogP contribution in [0.1, 0.15) is 49.5 Å². The van der Waals surface area contributed by atoms with Crippen LogP contribution in [0.4, 0.5) is 0 Å². The van der Waals surface area contributed by atoms with Crippen molar-refractivity contribution < 1.29 is 17.9 Å². The summed E-state index contributed by atoms with van der Waals surface area (Å²) >= 11 is 0. The minimum atomic E-state index is -3.64. The summed E-state index contributed by atoms with van der Waals surface area (Å²) in [7, 11) is -3.64. The molecule has 0 unspecified atom stereocenters. The third-order valence-electron chi connectivity index (χ3n) is 7.71. The monoisotopic (exact) mass is 420 g/mol. The molecule has 5 rings (SSSR count). The molecule has 4 atom stereocenters. The fraction of sp³-hybridized carbons (Fsp3) is 0.682. The SMILES string of the molecule is Cc1ccc(C(=O)N[C@H]2C[C@H]3C[C@@H]([C@@H]2C)C3(C)C)cc1S(=O)(=O)N1CCOCC1. The molecule has 1 N–H and O–H groups in total. The Balaban J connectivity index is 1.52. The van der Waals surface area contributed by atoms with Crippen LogP contribution in [0, 0.1) is 30.1 Å². The number of hydrogen-bond donors (Lipinski definition) is 1. The Morgan fingerprint density at radius 1 is 1.21 bits per heavy atom. The van der Waals surface area contributed by atoms with E-state index in [2.05, 4.69) is 26.1 Å². The number of carbonyl (C=O) groups excluding carboxylic acids is 1. The van der Waals surface area contributed by atoms with E-state index >= 15 is 0 Å². The molecular weight excluding hydrogens is 388 g/mol. The van der Waals surface area contributed by atoms with E-state index in [4.69, 9.17) is 4.74 Å². The standard InChI is InChI=1S/C22H32N2O4S/c1-14-5-6-16(11-20(14)29(26,27)24-7-9-28-10-8-24)21(25)23-19-13-17-12-18(15(19)2)22(17,3)4/h5-6,11,15,17-19H,7-10,12-13H2,1-4H3,(H,23,25)/t15-,17+,18-,19-/m0/s1. The highest BCUT2D eigenvalue weighted by Gasteiger charge is 2.56. The zero-order valence-corrected chi connectivity index (χ0v) is 18.6. The van der Waals surface area contributed by atoms with Gasteiger partial charge in [0.2, 0.25) is 10.0 Å². The number of amides is 1. The van der Waals surface area contributed by atoms with E-state index in [1.165, 1.54) is 16.8 Å². The van der Waals surface area contributed by atoms with Crippen molar-refractivity contribution in [1.82, 2.24) is 9.62 Å². The van der Waals surface area contributed by atoms with Crippen LogP contribution in [0.2, 0.25) is 0 Å². The van der Waals surface area contributed by atoms with E-state index in [0.717, 1.165) is 6.42 Å². The van der Waals surface area contributed by atoms with E-state index in [1.807, 2.05) is 0 Å². The van der Waals surface area contributed by atoms with Crippen molar-refractivity contribution in [3.05, 3.63) is 29.3 Å². The summed E-state index contributed by atoms with van der Waals surface area (Å²) in [6.45, 7) is 10.2. The number of carbonyl (C=O) groups is 1. The molecule has 4 fully saturated rings. The maximum Gasteiger partial charge on any atom is 0.251 e. The largest absolute Gasteiger partial charge is 0.379 e. The molecular formula is C22H32N2O4S. The average molecular weight is 421 g/mol. The van der Waals surface area contributed by atoms with Crippen molar-refractivity contribution in [2.75, 3.05) is 26.3 Å². The molecule has 29 heavy (non-hydrogen) atoms. The normalized spacial score (nSPS) is 31.7. The van der Waals surface area contributed by atoms with Gasteiger partial charge in [-0.3, -0.25) is 4.79 Å². The zero-order chi connectivity index (χ0) is 21.0. The molecule has 160 valence electrons. The summed E-state index contributed by atoms with van der Waals surface area (Å²) in [5.74, 6) is 1.55. The molecule has 1 aromatic carbocycles. The van der Waals surface area contributed by atoms with E-state index < -0.39 is 10.0 Å². The van der Waals surface area contributed by atoms with Crippen molar-refractivity contribution in [2.24, 2.45) is 23.2 Å². The lowest BCUT2D eigenvalue weighted by Gasteiger charge is -2.62. The van der Waals surface area contributed by atoms with Gasteiger partial charge in [-0.1, -0.05) is 26.8 Å². The van der Waals surface area contributed by atoms with Crippen LogP contribution in [-0.2, 0) is 14.8 Å². The van der Waals surface area contributed by atoms with Gasteiger partial charge in [0, 0.05) is 24.7 Å². The smallest absolute Gasteiger partial charge is 0.251 e. The zero-order valence-electron chi connectivity index (χ0n) is 17.8. The first-order valence-electron chi connectivity index (χ1n) is 10.6. The molecule has 2 bridgehead atoms. The van der Waals surface area contributed by atoms with Crippen molar-refractivity contribution >= 4 is 15.9 Å². The van der Waals surface area contributed by atoms with Gasteiger partial charge in [-0.25, -0.2) is 8.42 Å². The van der Waals surface area contributed by atoms with Crippen LogP contribution < -0.4 is 5.32 Å². The number of benzene rings is 1. The number of sulfonamides is 1. The van der Waals surface area contributed by atoms with Gasteiger partial charge in [0.15, 0.2) is 0 Å². The molecule has 3 aliphatic carbocycles. The number of hydrogen-bond acceptors (Lipinski definition) is 4. The Labute approximate surface area is 174 Å². The van der Waals surface area contributed by atoms with Crippen molar-refractivity contribution in [2.45, 2.75) is 51.5 Å². The second kappa shape index (κ2) is 7.36. The van der Waals surface area contributed by atoms with Crippen LogP contribution in [0.25, 0.3) is 0 Å². The molecule has 4 aliphatic rings. The fourth-order valence-corrected chi connectivity index (χ4v) is 7.20. The Kier molecular flexibility index (Phi) is 5.28. The second-order valence-corrected chi connectivity index (χ2v) is 11.4. The van der Waals surface area contributed by atoms with Gasteiger partial charge in [-0.15, -0.1) is 0 Å². The molecule has 1 saturated heterocycles. The topological polar surface area (TPSA) is 75.7 Å². The number of rotatable bonds is 4. The van der Waals surface area contributed by atoms with Gasteiger partial charge in [-0.05, 0) is 60.6 Å². The molecule has 1 aliphatic heterocycles. The molecule has 1 heterocycles. The highest BCUT2D eigenvalue weighted by Crippen LogP contribution is 2.61. The quantitative estimate of drug-likeness (QED) is 0.813. The number of morpholine rings is 1. The van der Waals surface area contributed by atoms with Crippen LogP contribution >= 0.6 is 0 Å². The number of nitrogens with zero attached hydrogens (tertiary/aromatic N) is 1. The Hall–Kier alpha value is -1.44. The third kappa shape index (κ3) is 3.51. The molecule has 3 saturated carbocycles. The Morgan fingerprint density at radius 3 is 2.52 bits per heavy atom. The second-order valence-electron chi connectivity index (χ2n) is 9.53. The van der Waals surface area contributed by atoms with Gasteiger partial charge in [0.1, 0.15) is 0 Å². The first-order valence-corrected chi connectivity index (χ1v) is 12.1. The first-order chi connectivity index (χ1) is 13.6. The molecule has 0 radical (unpaired) electrons. The summed E-state index contributed by atoms with van der Waals surface area (Å²) in [5, 5.41) is 3.19. The third-order valence-corrected chi connectivity index (χ3v) is 9.75. The summed E-state index contributed by atoms with van der Waals surface area (Å²) < 4.78 is 32.9. The summed E-state index contributed by atoms with van der Waals surface area (Å²) in [4.78, 5) is 13.2. The summed E-state index contributed by atoms with van der Waals surface area (Å²) in [6, 6.07) is 5.14. The fourth-order valence-electron chi connectivity index (χ4n) is 5.54. The lowest BCUT2D eigenvalue weighted by Crippen LogP contribution is -2.60. The van der Waals surface area contributed by atoms with Crippen molar-refractivity contribution in [1.29, 1.82) is 0 Å². The lowest BCUT2D eigenvalue weighted by atomic mass is 9.45. The van der Waals surface area contributed by atoms with Gasteiger partial charge < -0.3 is 10.1 Å². The van der Waals surface area contributed by atoms with Crippen molar-refractivity contribution in [3.63, 3.8) is 0 Å². The Morgan fingerprint density at radius 2 is 1.90 bits per heavy atom. The Bertz CT molecular complexity index is 905.